The van der Waals surface area contributed by atoms with Crippen LogP contribution in [0.5, 0.6) is 0 Å². The van der Waals surface area contributed by atoms with Gasteiger partial charge in [0.05, 0.1) is 12.3 Å². The van der Waals surface area contributed by atoms with Crippen LogP contribution < -0.4 is 10.0 Å². The number of carbonyl (C=O) groups is 1. The molecule has 3 aromatic rings. The van der Waals surface area contributed by atoms with Crippen LogP contribution in [0.25, 0.3) is 0 Å². The summed E-state index contributed by atoms with van der Waals surface area (Å²) in [5.41, 5.74) is 1.94. The minimum absolute atomic E-state index is 0.00113. The Balaban J connectivity index is 1.59. The molecule has 0 unspecified atom stereocenters. The first kappa shape index (κ1) is 29.3. The second kappa shape index (κ2) is 15.2. The summed E-state index contributed by atoms with van der Waals surface area (Å²) in [6.07, 6.45) is 0.963. The van der Waals surface area contributed by atoms with Gasteiger partial charge in [-0.15, -0.1) is 0 Å². The molecule has 2 aromatic carbocycles. The van der Waals surface area contributed by atoms with Crippen molar-refractivity contribution < 1.29 is 22.5 Å². The molecular weight excluding hydrogens is 506 g/mol. The third-order valence-corrected chi connectivity index (χ3v) is 7.52. The molecule has 0 aliphatic carbocycles. The monoisotopic (exact) mass is 543 g/mol. The van der Waals surface area contributed by atoms with Crippen LogP contribution in [-0.4, -0.2) is 54.9 Å². The lowest BCUT2D eigenvalue weighted by Crippen LogP contribution is -2.33. The molecule has 0 aliphatic heterocycles. The van der Waals surface area contributed by atoms with Crippen molar-refractivity contribution in [2.75, 3.05) is 25.4 Å². The SMILES string of the molecule is CCN(CC)CCCS(=O)(=O)N[C@H](CCc1ccccc1)c1nc(CNC(=O)OCc2ccccc2)no1. The third-order valence-electron chi connectivity index (χ3n) is 6.05. The minimum atomic E-state index is -3.59. The van der Waals surface area contributed by atoms with Crippen LogP contribution in [0.15, 0.2) is 65.2 Å². The second-order valence-electron chi connectivity index (χ2n) is 8.86. The number of amides is 1. The molecule has 0 fully saturated rings. The van der Waals surface area contributed by atoms with Crippen LogP contribution in [-0.2, 0) is 34.3 Å². The lowest BCUT2D eigenvalue weighted by Gasteiger charge is -2.19. The quantitative estimate of drug-likeness (QED) is 0.279. The Bertz CT molecular complexity index is 1200. The number of hydrogen-bond donors (Lipinski definition) is 2. The van der Waals surface area contributed by atoms with Gasteiger partial charge in [0, 0.05) is 0 Å². The van der Waals surface area contributed by atoms with Crippen molar-refractivity contribution in [1.82, 2.24) is 25.1 Å². The Morgan fingerprint density at radius 2 is 1.68 bits per heavy atom. The van der Waals surface area contributed by atoms with Crippen LogP contribution in [0.4, 0.5) is 4.79 Å². The number of sulfonamides is 1. The lowest BCUT2D eigenvalue weighted by atomic mass is 10.1. The summed E-state index contributed by atoms with van der Waals surface area (Å²) in [6.45, 7) is 6.70. The van der Waals surface area contributed by atoms with Crippen LogP contribution >= 0.6 is 0 Å². The van der Waals surface area contributed by atoms with E-state index in [0.29, 0.717) is 25.8 Å². The molecule has 0 saturated carbocycles. The number of rotatable bonds is 16. The fourth-order valence-corrected chi connectivity index (χ4v) is 5.17. The maximum atomic E-state index is 12.9. The fourth-order valence-electron chi connectivity index (χ4n) is 3.89. The Morgan fingerprint density at radius 3 is 2.34 bits per heavy atom. The standard InChI is InChI=1S/C27H37N5O5S/c1-3-32(4-2)18-11-19-38(34,35)31-24(17-16-22-12-7-5-8-13-22)26-29-25(30-37-26)20-28-27(33)36-21-23-14-9-6-10-15-23/h5-10,12-15,24,31H,3-4,11,16-21H2,1-2H3,(H,28,33)/t24-/m1/s1. The predicted molar refractivity (Wildman–Crippen MR) is 145 cm³/mol. The first-order chi connectivity index (χ1) is 18.4. The summed E-state index contributed by atoms with van der Waals surface area (Å²) in [5.74, 6) is 0.381. The second-order valence-corrected chi connectivity index (χ2v) is 10.7. The summed E-state index contributed by atoms with van der Waals surface area (Å²) in [7, 11) is -3.59. The van der Waals surface area contributed by atoms with Gasteiger partial charge in [0.1, 0.15) is 12.6 Å². The van der Waals surface area contributed by atoms with Crippen molar-refractivity contribution in [3.8, 4) is 0 Å². The van der Waals surface area contributed by atoms with Gasteiger partial charge in [-0.05, 0) is 50.0 Å². The van der Waals surface area contributed by atoms with Crippen LogP contribution in [0, 0.1) is 0 Å². The first-order valence-corrected chi connectivity index (χ1v) is 14.6. The summed E-state index contributed by atoms with van der Waals surface area (Å²) in [6, 6.07) is 18.4. The van der Waals surface area contributed by atoms with E-state index in [4.69, 9.17) is 9.26 Å². The zero-order valence-corrected chi connectivity index (χ0v) is 22.8. The molecule has 1 aromatic heterocycles. The first-order valence-electron chi connectivity index (χ1n) is 12.9. The van der Waals surface area contributed by atoms with E-state index in [1.165, 1.54) is 0 Å². The highest BCUT2D eigenvalue weighted by Crippen LogP contribution is 2.20. The smallest absolute Gasteiger partial charge is 0.407 e. The number of carbonyl (C=O) groups excluding carboxylic acids is 1. The van der Waals surface area contributed by atoms with Gasteiger partial charge in [0.25, 0.3) is 0 Å². The third kappa shape index (κ3) is 10.2. The van der Waals surface area contributed by atoms with E-state index in [0.717, 1.165) is 24.2 Å². The Kier molecular flexibility index (Phi) is 11.7. The molecule has 1 atom stereocenters. The average Bonchev–Trinajstić information content (AvgIpc) is 3.41. The van der Waals surface area contributed by atoms with Crippen molar-refractivity contribution in [3.63, 3.8) is 0 Å². The zero-order chi connectivity index (χ0) is 27.2. The summed E-state index contributed by atoms with van der Waals surface area (Å²) < 4.78 is 39.2. The van der Waals surface area contributed by atoms with Crippen molar-refractivity contribution in [3.05, 3.63) is 83.5 Å². The molecule has 0 radical (unpaired) electrons. The summed E-state index contributed by atoms with van der Waals surface area (Å²) in [5, 5.41) is 6.51. The summed E-state index contributed by atoms with van der Waals surface area (Å²) in [4.78, 5) is 18.6. The van der Waals surface area contributed by atoms with Gasteiger partial charge >= 0.3 is 6.09 Å². The van der Waals surface area contributed by atoms with E-state index in [2.05, 4.69) is 38.9 Å². The number of alkyl carbamates (subject to hydrolysis) is 1. The molecule has 3 rings (SSSR count). The van der Waals surface area contributed by atoms with E-state index in [9.17, 15) is 13.2 Å². The van der Waals surface area contributed by atoms with Gasteiger partial charge in [-0.25, -0.2) is 17.9 Å². The van der Waals surface area contributed by atoms with Crippen molar-refractivity contribution in [2.45, 2.75) is 52.3 Å². The van der Waals surface area contributed by atoms with E-state index >= 15 is 0 Å². The van der Waals surface area contributed by atoms with Crippen LogP contribution in [0.3, 0.4) is 0 Å². The van der Waals surface area contributed by atoms with Gasteiger partial charge in [-0.3, -0.25) is 0 Å². The van der Waals surface area contributed by atoms with Gasteiger partial charge < -0.3 is 19.5 Å². The molecule has 1 heterocycles. The number of aromatic nitrogens is 2. The fraction of sp³-hybridized carbons (Fsp3) is 0.444. The highest BCUT2D eigenvalue weighted by molar-refractivity contribution is 7.89. The predicted octanol–water partition coefficient (Wildman–Crippen LogP) is 3.82. The Labute approximate surface area is 224 Å². The van der Waals surface area contributed by atoms with Gasteiger partial charge in [-0.1, -0.05) is 79.7 Å². The number of nitrogens with one attached hydrogen (secondary N) is 2. The number of nitrogens with zero attached hydrogens (tertiary/aromatic N) is 3. The van der Waals surface area contributed by atoms with Crippen molar-refractivity contribution in [1.29, 1.82) is 0 Å². The minimum Gasteiger partial charge on any atom is -0.445 e. The van der Waals surface area contributed by atoms with Gasteiger partial charge in [0.2, 0.25) is 15.9 Å². The van der Waals surface area contributed by atoms with Crippen molar-refractivity contribution in [2.24, 2.45) is 0 Å². The van der Waals surface area contributed by atoms with Crippen LogP contribution in [0.2, 0.25) is 0 Å². The molecule has 11 heteroatoms. The maximum absolute atomic E-state index is 12.9. The molecular formula is C27H37N5O5S. The van der Waals surface area contributed by atoms with Gasteiger partial charge in [0.15, 0.2) is 5.82 Å². The zero-order valence-electron chi connectivity index (χ0n) is 22.0. The Morgan fingerprint density at radius 1 is 1.03 bits per heavy atom. The Hall–Kier alpha value is -3.28. The van der Waals surface area contributed by atoms with Crippen molar-refractivity contribution >= 4 is 16.1 Å². The molecule has 2 N–H and O–H groups in total. The highest BCUT2D eigenvalue weighted by atomic mass is 32.2. The molecule has 0 spiro atoms. The molecule has 0 aliphatic rings. The molecule has 38 heavy (non-hydrogen) atoms. The van der Waals surface area contributed by atoms with E-state index in [1.54, 1.807) is 0 Å². The number of aryl methyl sites for hydroxylation is 1. The van der Waals surface area contributed by atoms with E-state index < -0.39 is 22.2 Å². The molecule has 1 amide bonds. The number of hydrogen-bond acceptors (Lipinski definition) is 8. The number of ether oxygens (including phenoxy) is 1. The normalized spacial score (nSPS) is 12.4. The molecule has 0 saturated heterocycles. The van der Waals surface area contributed by atoms with E-state index in [1.807, 2.05) is 60.7 Å². The van der Waals surface area contributed by atoms with E-state index in [-0.39, 0.29) is 30.6 Å². The largest absolute Gasteiger partial charge is 0.445 e. The average molecular weight is 544 g/mol. The molecule has 10 nitrogen and oxygen atoms in total. The highest BCUT2D eigenvalue weighted by Gasteiger charge is 2.25. The molecule has 0 bridgehead atoms. The van der Waals surface area contributed by atoms with Gasteiger partial charge in [-0.2, -0.15) is 4.98 Å². The van der Waals surface area contributed by atoms with Crippen LogP contribution in [0.1, 0.15) is 55.6 Å². The topological polar surface area (TPSA) is 127 Å². The maximum Gasteiger partial charge on any atom is 0.407 e. The molecule has 206 valence electrons. The number of benzene rings is 2. The summed E-state index contributed by atoms with van der Waals surface area (Å²) >= 11 is 0. The lowest BCUT2D eigenvalue weighted by molar-refractivity contribution is 0.138.